The van der Waals surface area contributed by atoms with Gasteiger partial charge in [0.05, 0.1) is 13.2 Å². The van der Waals surface area contributed by atoms with Gasteiger partial charge < -0.3 is 9.84 Å². The van der Waals surface area contributed by atoms with Gasteiger partial charge in [0.1, 0.15) is 11.3 Å². The number of nitrogens with zero attached hydrogens (tertiary/aromatic N) is 2. The molecule has 4 rings (SSSR count). The van der Waals surface area contributed by atoms with E-state index in [0.717, 1.165) is 37.3 Å². The Labute approximate surface area is 148 Å². The highest BCUT2D eigenvalue weighted by Crippen LogP contribution is 2.42. The van der Waals surface area contributed by atoms with Crippen LogP contribution in [0.3, 0.4) is 0 Å². The second-order valence-corrected chi connectivity index (χ2v) is 6.88. The standard InChI is InChI=1S/C21H24N2O2/c1-15-5-2-3-7-17(15)20(23-11-13-25-14-12-23)18-9-8-16-6-4-10-22-19(16)21(18)24/h2-10,15,17,20,24H,11-14H2,1H3. The largest absolute Gasteiger partial charge is 0.505 e. The van der Waals surface area contributed by atoms with Crippen LogP contribution in [0.1, 0.15) is 18.5 Å². The number of fused-ring (bicyclic) bond motifs is 1. The average Bonchev–Trinajstić information content (AvgIpc) is 2.66. The molecule has 1 N–H and O–H groups in total. The maximum Gasteiger partial charge on any atom is 0.146 e. The van der Waals surface area contributed by atoms with Crippen molar-refractivity contribution in [2.75, 3.05) is 26.3 Å². The lowest BCUT2D eigenvalue weighted by Gasteiger charge is -2.41. The lowest BCUT2D eigenvalue weighted by Crippen LogP contribution is -2.42. The minimum absolute atomic E-state index is 0.117. The van der Waals surface area contributed by atoms with Crippen molar-refractivity contribution in [3.63, 3.8) is 0 Å². The van der Waals surface area contributed by atoms with E-state index in [1.807, 2.05) is 12.1 Å². The number of phenolic OH excluding ortho intramolecular Hbond substituents is 1. The molecular weight excluding hydrogens is 312 g/mol. The fourth-order valence-corrected chi connectivity index (χ4v) is 4.02. The molecule has 25 heavy (non-hydrogen) atoms. The quantitative estimate of drug-likeness (QED) is 0.928. The Morgan fingerprint density at radius 1 is 1.16 bits per heavy atom. The van der Waals surface area contributed by atoms with E-state index in [2.05, 4.69) is 53.2 Å². The molecule has 0 saturated carbocycles. The summed E-state index contributed by atoms with van der Waals surface area (Å²) in [4.78, 5) is 6.85. The van der Waals surface area contributed by atoms with Crippen LogP contribution in [0.2, 0.25) is 0 Å². The summed E-state index contributed by atoms with van der Waals surface area (Å²) in [6, 6.07) is 8.14. The second kappa shape index (κ2) is 6.98. The minimum atomic E-state index is 0.117. The molecule has 0 bridgehead atoms. The number of morpholine rings is 1. The zero-order valence-electron chi connectivity index (χ0n) is 14.5. The van der Waals surface area contributed by atoms with Crippen LogP contribution in [0, 0.1) is 11.8 Å². The predicted molar refractivity (Wildman–Crippen MR) is 99.5 cm³/mol. The molecule has 1 fully saturated rings. The van der Waals surface area contributed by atoms with Gasteiger partial charge in [-0.05, 0) is 12.0 Å². The third kappa shape index (κ3) is 3.08. The zero-order valence-corrected chi connectivity index (χ0v) is 14.5. The first kappa shape index (κ1) is 16.3. The molecule has 4 heteroatoms. The normalized spacial score (nSPS) is 25.3. The van der Waals surface area contributed by atoms with Crippen LogP contribution in [0.4, 0.5) is 0 Å². The maximum absolute atomic E-state index is 11.0. The predicted octanol–water partition coefficient (Wildman–Crippen LogP) is 3.69. The summed E-state index contributed by atoms with van der Waals surface area (Å²) in [5.74, 6) is 1.04. The maximum atomic E-state index is 11.0. The fourth-order valence-electron chi connectivity index (χ4n) is 4.02. The summed E-state index contributed by atoms with van der Waals surface area (Å²) in [5, 5.41) is 12.0. The van der Waals surface area contributed by atoms with Crippen LogP contribution in [0.5, 0.6) is 5.75 Å². The summed E-state index contributed by atoms with van der Waals surface area (Å²) in [5.41, 5.74) is 1.64. The highest BCUT2D eigenvalue weighted by molar-refractivity contribution is 5.85. The van der Waals surface area contributed by atoms with E-state index < -0.39 is 0 Å². The first-order valence-electron chi connectivity index (χ1n) is 8.99. The topological polar surface area (TPSA) is 45.6 Å². The molecule has 1 saturated heterocycles. The van der Waals surface area contributed by atoms with Crippen LogP contribution in [0.15, 0.2) is 54.8 Å². The van der Waals surface area contributed by atoms with E-state index in [1.165, 1.54) is 0 Å². The number of ether oxygens (including phenoxy) is 1. The monoisotopic (exact) mass is 336 g/mol. The molecule has 3 atom stereocenters. The molecule has 3 unspecified atom stereocenters. The fraction of sp³-hybridized carbons (Fsp3) is 0.381. The van der Waals surface area contributed by atoms with Gasteiger partial charge in [-0.15, -0.1) is 0 Å². The first-order chi connectivity index (χ1) is 12.3. The Bertz CT molecular complexity index is 809. The number of hydrogen-bond acceptors (Lipinski definition) is 4. The van der Waals surface area contributed by atoms with E-state index in [-0.39, 0.29) is 6.04 Å². The van der Waals surface area contributed by atoms with Crippen molar-refractivity contribution < 1.29 is 9.84 Å². The van der Waals surface area contributed by atoms with Crippen LogP contribution in [-0.4, -0.2) is 41.3 Å². The molecule has 1 aromatic heterocycles. The van der Waals surface area contributed by atoms with Crippen LogP contribution >= 0.6 is 0 Å². The first-order valence-corrected chi connectivity index (χ1v) is 8.99. The Balaban J connectivity index is 1.81. The lowest BCUT2D eigenvalue weighted by molar-refractivity contribution is 0.00265. The van der Waals surface area contributed by atoms with Crippen LogP contribution < -0.4 is 0 Å². The minimum Gasteiger partial charge on any atom is -0.505 e. The molecule has 0 spiro atoms. The van der Waals surface area contributed by atoms with Gasteiger partial charge in [-0.3, -0.25) is 9.88 Å². The summed E-state index contributed by atoms with van der Waals surface area (Å²) < 4.78 is 5.55. The number of aromatic hydroxyl groups is 1. The van der Waals surface area contributed by atoms with Crippen molar-refractivity contribution >= 4 is 10.9 Å². The summed E-state index contributed by atoms with van der Waals surface area (Å²) in [6.07, 6.45) is 10.5. The molecule has 1 aromatic carbocycles. The lowest BCUT2D eigenvalue weighted by atomic mass is 9.79. The summed E-state index contributed by atoms with van der Waals surface area (Å²) >= 11 is 0. The van der Waals surface area contributed by atoms with Gasteiger partial charge in [0.2, 0.25) is 0 Å². The Morgan fingerprint density at radius 3 is 2.76 bits per heavy atom. The van der Waals surface area contributed by atoms with E-state index in [0.29, 0.717) is 23.1 Å². The van der Waals surface area contributed by atoms with Gasteiger partial charge in [-0.1, -0.05) is 49.4 Å². The third-order valence-corrected chi connectivity index (χ3v) is 5.37. The number of pyridine rings is 1. The molecule has 1 aliphatic heterocycles. The molecule has 2 aliphatic rings. The van der Waals surface area contributed by atoms with Crippen molar-refractivity contribution in [1.29, 1.82) is 0 Å². The molecule has 1 aliphatic carbocycles. The number of allylic oxidation sites excluding steroid dienone is 3. The third-order valence-electron chi connectivity index (χ3n) is 5.37. The highest BCUT2D eigenvalue weighted by Gasteiger charge is 2.34. The van der Waals surface area contributed by atoms with Crippen molar-refractivity contribution in [3.8, 4) is 5.75 Å². The number of aromatic nitrogens is 1. The van der Waals surface area contributed by atoms with Crippen molar-refractivity contribution in [3.05, 3.63) is 60.3 Å². The summed E-state index contributed by atoms with van der Waals surface area (Å²) in [6.45, 7) is 5.48. The van der Waals surface area contributed by atoms with Crippen LogP contribution in [0.25, 0.3) is 10.9 Å². The van der Waals surface area contributed by atoms with Gasteiger partial charge in [-0.2, -0.15) is 0 Å². The molecule has 0 radical (unpaired) electrons. The zero-order chi connectivity index (χ0) is 17.2. The Morgan fingerprint density at radius 2 is 1.96 bits per heavy atom. The van der Waals surface area contributed by atoms with Crippen LogP contribution in [-0.2, 0) is 4.74 Å². The van der Waals surface area contributed by atoms with E-state index in [4.69, 9.17) is 4.74 Å². The van der Waals surface area contributed by atoms with Gasteiger partial charge in [0.15, 0.2) is 0 Å². The second-order valence-electron chi connectivity index (χ2n) is 6.88. The summed E-state index contributed by atoms with van der Waals surface area (Å²) in [7, 11) is 0. The Kier molecular flexibility index (Phi) is 4.55. The molecule has 2 aromatic rings. The highest BCUT2D eigenvalue weighted by atomic mass is 16.5. The number of hydrogen-bond donors (Lipinski definition) is 1. The Hall–Kier alpha value is -2.17. The van der Waals surface area contributed by atoms with Gasteiger partial charge in [-0.25, -0.2) is 0 Å². The number of benzene rings is 1. The smallest absolute Gasteiger partial charge is 0.146 e. The number of rotatable bonds is 3. The van der Waals surface area contributed by atoms with E-state index >= 15 is 0 Å². The molecule has 2 heterocycles. The SMILES string of the molecule is CC1C=CC=CC1C(c1ccc2cccnc2c1O)N1CCOCC1. The number of phenols is 1. The van der Waals surface area contributed by atoms with Crippen molar-refractivity contribution in [2.45, 2.75) is 13.0 Å². The van der Waals surface area contributed by atoms with Crippen molar-refractivity contribution in [1.82, 2.24) is 9.88 Å². The van der Waals surface area contributed by atoms with Gasteiger partial charge >= 0.3 is 0 Å². The average molecular weight is 336 g/mol. The molecule has 130 valence electrons. The molecule has 0 amide bonds. The van der Waals surface area contributed by atoms with Gasteiger partial charge in [0.25, 0.3) is 0 Å². The van der Waals surface area contributed by atoms with E-state index in [9.17, 15) is 5.11 Å². The molecular formula is C21H24N2O2. The van der Waals surface area contributed by atoms with Crippen molar-refractivity contribution in [2.24, 2.45) is 11.8 Å². The van der Waals surface area contributed by atoms with E-state index in [1.54, 1.807) is 6.20 Å². The van der Waals surface area contributed by atoms with Gasteiger partial charge in [0, 0.05) is 42.2 Å². The molecule has 4 nitrogen and oxygen atoms in total.